The molecule has 142 valence electrons. The SMILES string of the molecule is CN(C)c1ccc(NC(=O)NCc2ccc(CN3CCCC3=O)cc2)cn1. The zero-order valence-corrected chi connectivity index (χ0v) is 15.7. The summed E-state index contributed by atoms with van der Waals surface area (Å²) in [6, 6.07) is 11.3. The van der Waals surface area contributed by atoms with Gasteiger partial charge in [0, 0.05) is 40.2 Å². The Morgan fingerprint density at radius 1 is 1.15 bits per heavy atom. The summed E-state index contributed by atoms with van der Waals surface area (Å²) in [5.41, 5.74) is 2.75. The van der Waals surface area contributed by atoms with Crippen molar-refractivity contribution in [1.29, 1.82) is 0 Å². The van der Waals surface area contributed by atoms with E-state index in [9.17, 15) is 9.59 Å². The lowest BCUT2D eigenvalue weighted by Crippen LogP contribution is -2.28. The Balaban J connectivity index is 1.46. The summed E-state index contributed by atoms with van der Waals surface area (Å²) >= 11 is 0. The first-order valence-corrected chi connectivity index (χ1v) is 9.05. The maximum absolute atomic E-state index is 12.0. The van der Waals surface area contributed by atoms with Crippen molar-refractivity contribution in [3.05, 3.63) is 53.7 Å². The summed E-state index contributed by atoms with van der Waals surface area (Å²) in [7, 11) is 3.83. The van der Waals surface area contributed by atoms with Crippen LogP contribution in [-0.4, -0.2) is 42.5 Å². The second kappa shape index (κ2) is 8.53. The van der Waals surface area contributed by atoms with Gasteiger partial charge in [0.05, 0.1) is 11.9 Å². The molecular formula is C20H25N5O2. The summed E-state index contributed by atoms with van der Waals surface area (Å²) in [6.45, 7) is 1.92. The number of aromatic nitrogens is 1. The molecule has 7 nitrogen and oxygen atoms in total. The van der Waals surface area contributed by atoms with E-state index in [0.29, 0.717) is 25.2 Å². The summed E-state index contributed by atoms with van der Waals surface area (Å²) in [5, 5.41) is 5.60. The molecule has 1 aliphatic rings. The van der Waals surface area contributed by atoms with Crippen molar-refractivity contribution in [3.63, 3.8) is 0 Å². The van der Waals surface area contributed by atoms with Crippen molar-refractivity contribution in [2.24, 2.45) is 0 Å². The molecule has 7 heteroatoms. The van der Waals surface area contributed by atoms with Gasteiger partial charge in [-0.3, -0.25) is 4.79 Å². The minimum atomic E-state index is -0.277. The molecule has 0 aliphatic carbocycles. The second-order valence-corrected chi connectivity index (χ2v) is 6.84. The first-order chi connectivity index (χ1) is 13.0. The molecule has 2 heterocycles. The topological polar surface area (TPSA) is 77.6 Å². The highest BCUT2D eigenvalue weighted by Crippen LogP contribution is 2.15. The predicted molar refractivity (Wildman–Crippen MR) is 106 cm³/mol. The molecule has 2 N–H and O–H groups in total. The van der Waals surface area contributed by atoms with E-state index >= 15 is 0 Å². The minimum absolute atomic E-state index is 0.227. The van der Waals surface area contributed by atoms with Crippen LogP contribution in [0, 0.1) is 0 Å². The Morgan fingerprint density at radius 3 is 2.48 bits per heavy atom. The minimum Gasteiger partial charge on any atom is -0.363 e. The molecule has 3 rings (SSSR count). The van der Waals surface area contributed by atoms with Crippen LogP contribution in [0.25, 0.3) is 0 Å². The smallest absolute Gasteiger partial charge is 0.319 e. The molecule has 0 atom stereocenters. The highest BCUT2D eigenvalue weighted by Gasteiger charge is 2.19. The number of nitrogens with one attached hydrogen (secondary N) is 2. The number of hydrogen-bond acceptors (Lipinski definition) is 4. The second-order valence-electron chi connectivity index (χ2n) is 6.84. The summed E-state index contributed by atoms with van der Waals surface area (Å²) in [6.07, 6.45) is 3.23. The lowest BCUT2D eigenvalue weighted by atomic mass is 10.1. The van der Waals surface area contributed by atoms with Crippen LogP contribution in [0.5, 0.6) is 0 Å². The van der Waals surface area contributed by atoms with Crippen molar-refractivity contribution in [2.75, 3.05) is 30.9 Å². The van der Waals surface area contributed by atoms with Gasteiger partial charge < -0.3 is 20.4 Å². The van der Waals surface area contributed by atoms with Crippen molar-refractivity contribution >= 4 is 23.4 Å². The number of pyridine rings is 1. The van der Waals surface area contributed by atoms with Gasteiger partial charge in [-0.1, -0.05) is 24.3 Å². The van der Waals surface area contributed by atoms with E-state index in [2.05, 4.69) is 15.6 Å². The third-order valence-corrected chi connectivity index (χ3v) is 4.48. The normalized spacial score (nSPS) is 13.6. The van der Waals surface area contributed by atoms with Crippen LogP contribution in [0.4, 0.5) is 16.3 Å². The number of nitrogens with zero attached hydrogens (tertiary/aromatic N) is 3. The monoisotopic (exact) mass is 367 g/mol. The molecule has 0 spiro atoms. The third kappa shape index (κ3) is 5.20. The molecule has 1 aromatic carbocycles. The molecule has 1 saturated heterocycles. The molecule has 1 aliphatic heterocycles. The average Bonchev–Trinajstić information content (AvgIpc) is 3.06. The van der Waals surface area contributed by atoms with Gasteiger partial charge in [-0.25, -0.2) is 9.78 Å². The van der Waals surface area contributed by atoms with Gasteiger partial charge in [-0.2, -0.15) is 0 Å². The van der Waals surface area contributed by atoms with Crippen LogP contribution in [0.15, 0.2) is 42.6 Å². The maximum Gasteiger partial charge on any atom is 0.319 e. The zero-order chi connectivity index (χ0) is 19.2. The van der Waals surface area contributed by atoms with Crippen LogP contribution in [-0.2, 0) is 17.9 Å². The van der Waals surface area contributed by atoms with Crippen LogP contribution >= 0.6 is 0 Å². The van der Waals surface area contributed by atoms with E-state index in [0.717, 1.165) is 29.9 Å². The Bertz CT molecular complexity index is 787. The van der Waals surface area contributed by atoms with Crippen molar-refractivity contribution < 1.29 is 9.59 Å². The number of rotatable bonds is 6. The molecular weight excluding hydrogens is 342 g/mol. The van der Waals surface area contributed by atoms with Crippen molar-refractivity contribution in [3.8, 4) is 0 Å². The summed E-state index contributed by atoms with van der Waals surface area (Å²) < 4.78 is 0. The first-order valence-electron chi connectivity index (χ1n) is 9.05. The van der Waals surface area contributed by atoms with Crippen LogP contribution in [0.3, 0.4) is 0 Å². The lowest BCUT2D eigenvalue weighted by molar-refractivity contribution is -0.128. The quantitative estimate of drug-likeness (QED) is 0.823. The van der Waals surface area contributed by atoms with Gasteiger partial charge in [0.1, 0.15) is 5.82 Å². The lowest BCUT2D eigenvalue weighted by Gasteiger charge is -2.15. The molecule has 1 aromatic heterocycles. The average molecular weight is 367 g/mol. The standard InChI is InChI=1S/C20H25N5O2/c1-24(2)18-10-9-17(13-21-18)23-20(27)22-12-15-5-7-16(8-6-15)14-25-11-3-4-19(25)26/h5-10,13H,3-4,11-12,14H2,1-2H3,(H2,22,23,27). The van der Waals surface area contributed by atoms with E-state index < -0.39 is 0 Å². The van der Waals surface area contributed by atoms with Gasteiger partial charge in [0.2, 0.25) is 5.91 Å². The molecule has 2 aromatic rings. The Hall–Kier alpha value is -3.09. The van der Waals surface area contributed by atoms with E-state index in [4.69, 9.17) is 0 Å². The van der Waals surface area contributed by atoms with Gasteiger partial charge in [-0.05, 0) is 29.7 Å². The fourth-order valence-electron chi connectivity index (χ4n) is 2.94. The maximum atomic E-state index is 12.0. The highest BCUT2D eigenvalue weighted by molar-refractivity contribution is 5.89. The number of urea groups is 1. The fourth-order valence-corrected chi connectivity index (χ4v) is 2.94. The van der Waals surface area contributed by atoms with E-state index in [1.165, 1.54) is 0 Å². The highest BCUT2D eigenvalue weighted by atomic mass is 16.2. The van der Waals surface area contributed by atoms with E-state index in [-0.39, 0.29) is 11.9 Å². The van der Waals surface area contributed by atoms with Crippen LogP contribution in [0.1, 0.15) is 24.0 Å². The Kier molecular flexibility index (Phi) is 5.90. The first kappa shape index (κ1) is 18.7. The Morgan fingerprint density at radius 2 is 1.89 bits per heavy atom. The zero-order valence-electron chi connectivity index (χ0n) is 15.7. The number of carbonyl (C=O) groups excluding carboxylic acids is 2. The summed E-state index contributed by atoms with van der Waals surface area (Å²) in [4.78, 5) is 31.8. The number of likely N-dealkylation sites (tertiary alicyclic amines) is 1. The van der Waals surface area contributed by atoms with E-state index in [1.807, 2.05) is 60.3 Å². The van der Waals surface area contributed by atoms with Gasteiger partial charge in [-0.15, -0.1) is 0 Å². The molecule has 0 radical (unpaired) electrons. The van der Waals surface area contributed by atoms with Crippen LogP contribution in [0.2, 0.25) is 0 Å². The molecule has 0 unspecified atom stereocenters. The molecule has 0 saturated carbocycles. The number of hydrogen-bond donors (Lipinski definition) is 2. The third-order valence-electron chi connectivity index (χ3n) is 4.48. The van der Waals surface area contributed by atoms with Gasteiger partial charge in [0.25, 0.3) is 0 Å². The van der Waals surface area contributed by atoms with E-state index in [1.54, 1.807) is 6.20 Å². The largest absolute Gasteiger partial charge is 0.363 e. The number of anilines is 2. The van der Waals surface area contributed by atoms with Gasteiger partial charge >= 0.3 is 6.03 Å². The predicted octanol–water partition coefficient (Wildman–Crippen LogP) is 2.59. The van der Waals surface area contributed by atoms with Crippen molar-refractivity contribution in [1.82, 2.24) is 15.2 Å². The fraction of sp³-hybridized carbons (Fsp3) is 0.350. The molecule has 0 bridgehead atoms. The van der Waals surface area contributed by atoms with Gasteiger partial charge in [0.15, 0.2) is 0 Å². The number of amides is 3. The number of carbonyl (C=O) groups is 2. The molecule has 3 amide bonds. The Labute approximate surface area is 159 Å². The molecule has 1 fully saturated rings. The summed E-state index contributed by atoms with van der Waals surface area (Å²) in [5.74, 6) is 1.06. The molecule has 27 heavy (non-hydrogen) atoms. The number of benzene rings is 1. The van der Waals surface area contributed by atoms with Crippen molar-refractivity contribution in [2.45, 2.75) is 25.9 Å². The van der Waals surface area contributed by atoms with Crippen LogP contribution < -0.4 is 15.5 Å².